The molecule has 0 spiro atoms. The zero-order valence-electron chi connectivity index (χ0n) is 25.6. The molecule has 3 N–H and O–H groups in total. The van der Waals surface area contributed by atoms with Gasteiger partial charge >= 0.3 is 7.12 Å². The minimum atomic E-state index is -1.01. The molecule has 3 aliphatic rings. The molecule has 2 saturated heterocycles. The molecule has 2 amide bonds. The van der Waals surface area contributed by atoms with Crippen molar-refractivity contribution < 1.29 is 24.4 Å². The second-order valence-electron chi connectivity index (χ2n) is 12.3. The summed E-state index contributed by atoms with van der Waals surface area (Å²) < 4.78 is 6.12. The van der Waals surface area contributed by atoms with Gasteiger partial charge in [0.1, 0.15) is 5.75 Å². The van der Waals surface area contributed by atoms with Crippen LogP contribution in [-0.2, 0) is 14.2 Å². The van der Waals surface area contributed by atoms with E-state index in [1.807, 2.05) is 61.5 Å². The first-order chi connectivity index (χ1) is 21.7. The average Bonchev–Trinajstić information content (AvgIpc) is 3.26. The number of hydrogen-bond acceptors (Lipinski definition) is 6. The Bertz CT molecular complexity index is 1640. The lowest BCUT2D eigenvalue weighted by Gasteiger charge is -2.42. The number of phenols is 1. The number of phenolic OH excluding ortho intramolecular Hbond substituents is 1. The minimum absolute atomic E-state index is 0.124. The highest BCUT2D eigenvalue weighted by atomic mass is 35.5. The van der Waals surface area contributed by atoms with E-state index in [2.05, 4.69) is 18.3 Å². The number of carbonyl (C=O) groups excluding carboxylic acids is 2. The average molecular weight is 625 g/mol. The molecule has 4 atom stereocenters. The van der Waals surface area contributed by atoms with Gasteiger partial charge in [-0.2, -0.15) is 0 Å². The van der Waals surface area contributed by atoms with Crippen molar-refractivity contribution >= 4 is 53.7 Å². The summed E-state index contributed by atoms with van der Waals surface area (Å²) in [5, 5.41) is 24.4. The van der Waals surface area contributed by atoms with Crippen LogP contribution in [0.1, 0.15) is 51.5 Å². The normalized spacial score (nSPS) is 23.3. The van der Waals surface area contributed by atoms with Crippen LogP contribution in [0, 0.1) is 17.8 Å². The lowest BCUT2D eigenvalue weighted by Crippen LogP contribution is -2.46. The number of imide groups is 1. The fourth-order valence-electron chi connectivity index (χ4n) is 7.32. The van der Waals surface area contributed by atoms with Gasteiger partial charge in [0, 0.05) is 11.4 Å². The zero-order valence-corrected chi connectivity index (χ0v) is 26.3. The first kappa shape index (κ1) is 31.2. The largest absolute Gasteiger partial charge is 0.508 e. The summed E-state index contributed by atoms with van der Waals surface area (Å²) in [5.41, 5.74) is 6.55. The van der Waals surface area contributed by atoms with Crippen LogP contribution in [0.3, 0.4) is 0 Å². The standard InChI is InChI=1S/C36H38BClN2O5/c1-3-7-23(19-24-11-16-28(41)20-31(24)38)10-17-32-33-22(2)18-29-34(30(33)21-37(44)45-32)36(43)40(35(29)42)27-14-12-26(13-15-27)39-25-8-5-4-6-9-25/h4-6,8-9,11-16,19-20,29-30,32,34,39,41,44H,3,7,10,17-18,21H2,1-2H3/b23-19+/t29-,30+,32-,34-/m1/s1. The Morgan fingerprint density at radius 1 is 1.02 bits per heavy atom. The molecule has 3 aromatic carbocycles. The summed E-state index contributed by atoms with van der Waals surface area (Å²) in [7, 11) is -1.01. The third-order valence-corrected chi connectivity index (χ3v) is 9.61. The third kappa shape index (κ3) is 6.46. The van der Waals surface area contributed by atoms with E-state index in [-0.39, 0.29) is 35.9 Å². The summed E-state index contributed by atoms with van der Waals surface area (Å²) in [6.45, 7) is 4.16. The Morgan fingerprint density at radius 3 is 2.47 bits per heavy atom. The van der Waals surface area contributed by atoms with Gasteiger partial charge in [-0.05, 0) is 111 Å². The summed E-state index contributed by atoms with van der Waals surface area (Å²) in [6, 6.07) is 22.1. The van der Waals surface area contributed by atoms with Crippen molar-refractivity contribution in [1.29, 1.82) is 0 Å². The van der Waals surface area contributed by atoms with Crippen LogP contribution in [-0.4, -0.2) is 35.2 Å². The van der Waals surface area contributed by atoms with Crippen molar-refractivity contribution in [2.75, 3.05) is 10.2 Å². The molecule has 2 heterocycles. The van der Waals surface area contributed by atoms with Crippen molar-refractivity contribution in [3.8, 4) is 5.75 Å². The van der Waals surface area contributed by atoms with Crippen LogP contribution in [0.5, 0.6) is 5.75 Å². The molecular formula is C36H38BClN2O5. The first-order valence-corrected chi connectivity index (χ1v) is 16.1. The van der Waals surface area contributed by atoms with E-state index < -0.39 is 19.0 Å². The van der Waals surface area contributed by atoms with E-state index in [1.165, 1.54) is 16.5 Å². The Balaban J connectivity index is 1.21. The molecule has 2 aliphatic heterocycles. The van der Waals surface area contributed by atoms with E-state index in [4.69, 9.17) is 16.3 Å². The molecule has 232 valence electrons. The Hall–Kier alpha value is -3.85. The lowest BCUT2D eigenvalue weighted by molar-refractivity contribution is -0.122. The number of amides is 2. The maximum absolute atomic E-state index is 14.0. The molecule has 2 fully saturated rings. The van der Waals surface area contributed by atoms with Gasteiger partial charge in [0.2, 0.25) is 11.8 Å². The molecule has 7 nitrogen and oxygen atoms in total. The van der Waals surface area contributed by atoms with E-state index in [1.54, 1.807) is 12.1 Å². The van der Waals surface area contributed by atoms with Crippen molar-refractivity contribution in [2.45, 2.75) is 58.4 Å². The lowest BCUT2D eigenvalue weighted by atomic mass is 9.58. The fraction of sp³-hybridized carbons (Fsp3) is 0.333. The van der Waals surface area contributed by atoms with Crippen LogP contribution in [0.2, 0.25) is 11.3 Å². The van der Waals surface area contributed by atoms with E-state index in [9.17, 15) is 19.7 Å². The monoisotopic (exact) mass is 624 g/mol. The van der Waals surface area contributed by atoms with Gasteiger partial charge in [-0.15, -0.1) is 0 Å². The predicted octanol–water partition coefficient (Wildman–Crippen LogP) is 7.77. The van der Waals surface area contributed by atoms with Gasteiger partial charge in [-0.25, -0.2) is 0 Å². The molecular weight excluding hydrogens is 587 g/mol. The molecule has 0 aromatic heterocycles. The number of fused-ring (bicyclic) bond motifs is 3. The molecule has 9 heteroatoms. The number of nitrogens with zero attached hydrogens (tertiary/aromatic N) is 1. The molecule has 0 unspecified atom stereocenters. The SMILES string of the molecule is CCC/C(=C\c1ccc(O)cc1Cl)CC[C@H]1OB(O)C[C@H]2C1=C(C)C[C@H]1C(=O)N(c3ccc(Nc4ccccc4)cc3)C(=O)[C@H]12. The van der Waals surface area contributed by atoms with Crippen LogP contribution >= 0.6 is 11.6 Å². The smallest absolute Gasteiger partial charge is 0.455 e. The Labute approximate surface area is 269 Å². The number of carbonyl (C=O) groups is 2. The highest BCUT2D eigenvalue weighted by Gasteiger charge is 2.57. The highest BCUT2D eigenvalue weighted by Crippen LogP contribution is 2.51. The van der Waals surface area contributed by atoms with Gasteiger partial charge in [0.15, 0.2) is 0 Å². The Kier molecular flexibility index (Phi) is 9.17. The van der Waals surface area contributed by atoms with Crippen molar-refractivity contribution in [2.24, 2.45) is 17.8 Å². The number of allylic oxidation sites excluding steroid dienone is 2. The number of benzene rings is 3. The van der Waals surface area contributed by atoms with Gasteiger partial charge in [-0.3, -0.25) is 14.5 Å². The highest BCUT2D eigenvalue weighted by molar-refractivity contribution is 6.43. The third-order valence-electron chi connectivity index (χ3n) is 9.28. The maximum Gasteiger partial charge on any atom is 0.455 e. The maximum atomic E-state index is 14.0. The molecule has 0 saturated carbocycles. The summed E-state index contributed by atoms with van der Waals surface area (Å²) >= 11 is 6.39. The van der Waals surface area contributed by atoms with Crippen LogP contribution in [0.25, 0.3) is 6.08 Å². The van der Waals surface area contributed by atoms with Crippen molar-refractivity contribution in [1.82, 2.24) is 0 Å². The van der Waals surface area contributed by atoms with Gasteiger partial charge in [0.25, 0.3) is 0 Å². The number of aromatic hydroxyl groups is 1. The van der Waals surface area contributed by atoms with E-state index in [0.29, 0.717) is 23.6 Å². The summed E-state index contributed by atoms with van der Waals surface area (Å²) in [5.74, 6) is -1.50. The van der Waals surface area contributed by atoms with E-state index in [0.717, 1.165) is 47.3 Å². The molecule has 1 aliphatic carbocycles. The van der Waals surface area contributed by atoms with Gasteiger partial charge in [-0.1, -0.05) is 60.4 Å². The van der Waals surface area contributed by atoms with E-state index >= 15 is 0 Å². The molecule has 0 radical (unpaired) electrons. The second kappa shape index (κ2) is 13.3. The number of halogens is 1. The summed E-state index contributed by atoms with van der Waals surface area (Å²) in [4.78, 5) is 29.1. The van der Waals surface area contributed by atoms with Crippen molar-refractivity contribution in [3.05, 3.63) is 100 Å². The molecule has 0 bridgehead atoms. The summed E-state index contributed by atoms with van der Waals surface area (Å²) in [6.07, 6.45) is 5.70. The first-order valence-electron chi connectivity index (χ1n) is 15.7. The number of anilines is 3. The topological polar surface area (TPSA) is 99.1 Å². The van der Waals surface area contributed by atoms with Gasteiger partial charge < -0.3 is 20.1 Å². The Morgan fingerprint density at radius 2 is 1.76 bits per heavy atom. The molecule has 3 aromatic rings. The number of rotatable bonds is 9. The molecule has 45 heavy (non-hydrogen) atoms. The van der Waals surface area contributed by atoms with Crippen molar-refractivity contribution in [3.63, 3.8) is 0 Å². The number of para-hydroxylation sites is 1. The quantitative estimate of drug-likeness (QED) is 0.128. The second-order valence-corrected chi connectivity index (χ2v) is 12.7. The fourth-order valence-corrected chi connectivity index (χ4v) is 7.55. The van der Waals surface area contributed by atoms with Crippen LogP contribution < -0.4 is 10.2 Å². The van der Waals surface area contributed by atoms with Crippen LogP contribution in [0.15, 0.2) is 89.5 Å². The number of nitrogens with one attached hydrogen (secondary N) is 1. The zero-order chi connectivity index (χ0) is 31.7. The number of hydrogen-bond donors (Lipinski definition) is 3. The van der Waals surface area contributed by atoms with Crippen LogP contribution in [0.4, 0.5) is 17.1 Å². The van der Waals surface area contributed by atoms with Gasteiger partial charge in [0.05, 0.1) is 28.6 Å². The minimum Gasteiger partial charge on any atom is -0.508 e. The predicted molar refractivity (Wildman–Crippen MR) is 179 cm³/mol. The molecule has 6 rings (SSSR count).